The third kappa shape index (κ3) is 3.12. The molecule has 2 rings (SSSR count). The SMILES string of the molecule is Cc1cc(C)c(NC(=O)c2ccc(C)nc2)c(Cl)c1. The number of hydrogen-bond acceptors (Lipinski definition) is 2. The van der Waals surface area contributed by atoms with E-state index in [9.17, 15) is 4.79 Å². The largest absolute Gasteiger partial charge is 0.320 e. The van der Waals surface area contributed by atoms with Gasteiger partial charge in [0.15, 0.2) is 0 Å². The second-order valence-electron chi connectivity index (χ2n) is 4.58. The van der Waals surface area contributed by atoms with Gasteiger partial charge >= 0.3 is 0 Å². The normalized spacial score (nSPS) is 10.3. The van der Waals surface area contributed by atoms with Crippen LogP contribution in [0.15, 0.2) is 30.5 Å². The van der Waals surface area contributed by atoms with Crippen LogP contribution in [0, 0.1) is 20.8 Å². The monoisotopic (exact) mass is 274 g/mol. The van der Waals surface area contributed by atoms with E-state index in [0.29, 0.717) is 16.3 Å². The molecule has 0 aliphatic heterocycles. The first-order valence-corrected chi connectivity index (χ1v) is 6.36. The summed E-state index contributed by atoms with van der Waals surface area (Å²) in [7, 11) is 0. The molecule has 0 aliphatic carbocycles. The quantitative estimate of drug-likeness (QED) is 0.902. The number of halogens is 1. The van der Waals surface area contributed by atoms with Crippen LogP contribution < -0.4 is 5.32 Å². The molecule has 1 N–H and O–H groups in total. The maximum atomic E-state index is 12.1. The lowest BCUT2D eigenvalue weighted by molar-refractivity contribution is 0.102. The Labute approximate surface area is 117 Å². The molecule has 1 aromatic heterocycles. The van der Waals surface area contributed by atoms with Crippen LogP contribution in [-0.2, 0) is 0 Å². The molecule has 0 atom stereocenters. The van der Waals surface area contributed by atoms with E-state index in [1.54, 1.807) is 18.3 Å². The number of rotatable bonds is 2. The Hall–Kier alpha value is -1.87. The zero-order chi connectivity index (χ0) is 14.0. The second kappa shape index (κ2) is 5.41. The number of carbonyl (C=O) groups is 1. The molecule has 0 radical (unpaired) electrons. The van der Waals surface area contributed by atoms with Crippen LogP contribution in [0.5, 0.6) is 0 Å². The van der Waals surface area contributed by atoms with Crippen molar-refractivity contribution in [3.8, 4) is 0 Å². The van der Waals surface area contributed by atoms with E-state index in [4.69, 9.17) is 11.6 Å². The van der Waals surface area contributed by atoms with Crippen LogP contribution in [0.4, 0.5) is 5.69 Å². The van der Waals surface area contributed by atoms with E-state index >= 15 is 0 Å². The summed E-state index contributed by atoms with van der Waals surface area (Å²) in [4.78, 5) is 16.2. The lowest BCUT2D eigenvalue weighted by atomic mass is 10.1. The minimum Gasteiger partial charge on any atom is -0.320 e. The van der Waals surface area contributed by atoms with Crippen molar-refractivity contribution in [1.29, 1.82) is 0 Å². The summed E-state index contributed by atoms with van der Waals surface area (Å²) in [6.45, 7) is 5.76. The summed E-state index contributed by atoms with van der Waals surface area (Å²) in [5.41, 5.74) is 4.05. The van der Waals surface area contributed by atoms with Gasteiger partial charge in [0.1, 0.15) is 0 Å². The molecule has 2 aromatic rings. The summed E-state index contributed by atoms with van der Waals surface area (Å²) in [5, 5.41) is 3.38. The van der Waals surface area contributed by atoms with Gasteiger partial charge in [0.25, 0.3) is 5.91 Å². The molecule has 0 bridgehead atoms. The van der Waals surface area contributed by atoms with Gasteiger partial charge in [0.2, 0.25) is 0 Å². The molecule has 0 unspecified atom stereocenters. The molecule has 19 heavy (non-hydrogen) atoms. The zero-order valence-corrected chi connectivity index (χ0v) is 11.9. The van der Waals surface area contributed by atoms with Crippen LogP contribution in [-0.4, -0.2) is 10.9 Å². The number of carbonyl (C=O) groups excluding carboxylic acids is 1. The molecule has 0 saturated carbocycles. The van der Waals surface area contributed by atoms with Crippen molar-refractivity contribution in [1.82, 2.24) is 4.98 Å². The second-order valence-corrected chi connectivity index (χ2v) is 4.99. The Kier molecular flexibility index (Phi) is 3.86. The molecule has 0 spiro atoms. The Morgan fingerprint density at radius 1 is 1.21 bits per heavy atom. The number of benzene rings is 1. The standard InChI is InChI=1S/C15H15ClN2O/c1-9-6-10(2)14(13(16)7-9)18-15(19)12-5-4-11(3)17-8-12/h4-8H,1-3H3,(H,18,19). The molecule has 3 nitrogen and oxygen atoms in total. The smallest absolute Gasteiger partial charge is 0.257 e. The van der Waals surface area contributed by atoms with Gasteiger partial charge in [0.05, 0.1) is 16.3 Å². The van der Waals surface area contributed by atoms with Crippen LogP contribution in [0.3, 0.4) is 0 Å². The molecule has 4 heteroatoms. The van der Waals surface area contributed by atoms with E-state index in [1.165, 1.54) is 0 Å². The van der Waals surface area contributed by atoms with Gasteiger partial charge in [-0.2, -0.15) is 0 Å². The maximum Gasteiger partial charge on any atom is 0.257 e. The number of anilines is 1. The topological polar surface area (TPSA) is 42.0 Å². The fourth-order valence-electron chi connectivity index (χ4n) is 1.86. The Bertz CT molecular complexity index is 598. The van der Waals surface area contributed by atoms with Crippen LogP contribution >= 0.6 is 11.6 Å². The van der Waals surface area contributed by atoms with Gasteiger partial charge in [-0.3, -0.25) is 9.78 Å². The van der Waals surface area contributed by atoms with Crippen molar-refractivity contribution < 1.29 is 4.79 Å². The van der Waals surface area contributed by atoms with Crippen molar-refractivity contribution in [3.63, 3.8) is 0 Å². The first kappa shape index (κ1) is 13.6. The number of hydrogen-bond donors (Lipinski definition) is 1. The average Bonchev–Trinajstić information content (AvgIpc) is 2.34. The van der Waals surface area contributed by atoms with Crippen molar-refractivity contribution in [3.05, 3.63) is 57.9 Å². The number of aromatic nitrogens is 1. The third-order valence-electron chi connectivity index (χ3n) is 2.84. The summed E-state index contributed by atoms with van der Waals surface area (Å²) in [6, 6.07) is 7.36. The van der Waals surface area contributed by atoms with Gasteiger partial charge in [-0.1, -0.05) is 17.7 Å². The molecule has 1 amide bonds. The first-order valence-electron chi connectivity index (χ1n) is 5.98. The lowest BCUT2D eigenvalue weighted by Gasteiger charge is -2.11. The molecule has 98 valence electrons. The average molecular weight is 275 g/mol. The highest BCUT2D eigenvalue weighted by Crippen LogP contribution is 2.27. The summed E-state index contributed by atoms with van der Waals surface area (Å²) in [6.07, 6.45) is 1.56. The molecular weight excluding hydrogens is 260 g/mol. The van der Waals surface area contributed by atoms with Crippen molar-refractivity contribution in [2.75, 3.05) is 5.32 Å². The lowest BCUT2D eigenvalue weighted by Crippen LogP contribution is -2.13. The fraction of sp³-hybridized carbons (Fsp3) is 0.200. The summed E-state index contributed by atoms with van der Waals surface area (Å²) < 4.78 is 0. The fourth-order valence-corrected chi connectivity index (χ4v) is 2.23. The third-order valence-corrected chi connectivity index (χ3v) is 3.14. The highest BCUT2D eigenvalue weighted by atomic mass is 35.5. The zero-order valence-electron chi connectivity index (χ0n) is 11.1. The highest BCUT2D eigenvalue weighted by molar-refractivity contribution is 6.34. The molecule has 0 saturated heterocycles. The number of nitrogens with one attached hydrogen (secondary N) is 1. The number of nitrogens with zero attached hydrogens (tertiary/aromatic N) is 1. The molecule has 0 aliphatic rings. The van der Waals surface area contributed by atoms with Crippen LogP contribution in [0.25, 0.3) is 0 Å². The highest BCUT2D eigenvalue weighted by Gasteiger charge is 2.11. The number of amides is 1. The van der Waals surface area contributed by atoms with Crippen LogP contribution in [0.2, 0.25) is 5.02 Å². The molecule has 1 heterocycles. The van der Waals surface area contributed by atoms with E-state index < -0.39 is 0 Å². The van der Waals surface area contributed by atoms with E-state index in [0.717, 1.165) is 16.8 Å². The summed E-state index contributed by atoms with van der Waals surface area (Å²) >= 11 is 6.16. The Balaban J connectivity index is 2.26. The van der Waals surface area contributed by atoms with Crippen molar-refractivity contribution in [2.45, 2.75) is 20.8 Å². The van der Waals surface area contributed by atoms with E-state index in [-0.39, 0.29) is 5.91 Å². The van der Waals surface area contributed by atoms with Gasteiger partial charge < -0.3 is 5.32 Å². The predicted molar refractivity (Wildman–Crippen MR) is 77.9 cm³/mol. The maximum absolute atomic E-state index is 12.1. The van der Waals surface area contributed by atoms with Gasteiger partial charge in [-0.15, -0.1) is 0 Å². The molecule has 1 aromatic carbocycles. The minimum absolute atomic E-state index is 0.207. The van der Waals surface area contributed by atoms with Gasteiger partial charge in [-0.05, 0) is 50.1 Å². The molecule has 0 fully saturated rings. The first-order chi connectivity index (χ1) is 8.97. The Morgan fingerprint density at radius 3 is 2.53 bits per heavy atom. The number of pyridine rings is 1. The van der Waals surface area contributed by atoms with E-state index in [1.807, 2.05) is 32.9 Å². The van der Waals surface area contributed by atoms with E-state index in [2.05, 4.69) is 10.3 Å². The van der Waals surface area contributed by atoms with Gasteiger partial charge in [-0.25, -0.2) is 0 Å². The summed E-state index contributed by atoms with van der Waals surface area (Å²) in [5.74, 6) is -0.207. The Morgan fingerprint density at radius 2 is 1.95 bits per heavy atom. The molecular formula is C15H15ClN2O. The van der Waals surface area contributed by atoms with Gasteiger partial charge in [0, 0.05) is 11.9 Å². The van der Waals surface area contributed by atoms with Crippen molar-refractivity contribution in [2.24, 2.45) is 0 Å². The predicted octanol–water partition coefficient (Wildman–Crippen LogP) is 3.91. The number of aryl methyl sites for hydroxylation is 3. The van der Waals surface area contributed by atoms with Crippen molar-refractivity contribution >= 4 is 23.2 Å². The van der Waals surface area contributed by atoms with Crippen LogP contribution in [0.1, 0.15) is 27.2 Å². The minimum atomic E-state index is -0.207.